The highest BCUT2D eigenvalue weighted by atomic mass is 32.1. The second-order valence-electron chi connectivity index (χ2n) is 11.2. The van der Waals surface area contributed by atoms with Crippen LogP contribution in [0.2, 0.25) is 0 Å². The second-order valence-corrected chi connectivity index (χ2v) is 12.3. The summed E-state index contributed by atoms with van der Waals surface area (Å²) in [5, 5.41) is 6.65. The zero-order valence-electron chi connectivity index (χ0n) is 24.2. The zero-order chi connectivity index (χ0) is 30.2. The van der Waals surface area contributed by atoms with Gasteiger partial charge in [0, 0.05) is 37.3 Å². The van der Waals surface area contributed by atoms with E-state index in [4.69, 9.17) is 4.74 Å². The van der Waals surface area contributed by atoms with E-state index in [1.807, 2.05) is 84.9 Å². The average Bonchev–Trinajstić information content (AvgIpc) is 3.60. The number of methoxy groups -OCH3 is 1. The molecule has 3 heterocycles. The Kier molecular flexibility index (Phi) is 5.52. The van der Waals surface area contributed by atoms with Gasteiger partial charge in [-0.2, -0.15) is 0 Å². The van der Waals surface area contributed by atoms with E-state index in [9.17, 15) is 9.59 Å². The standard InChI is InChI=1S/C39H24N2O3S/c1-44-35-18-10-16-26-30-20-28-27-19-29-25-15-8-9-17-33(25)40(23-11-4-2-5-12-23)34(29)21-31(27)38(42)41(24-13-6-3-7-14-24)39(43)32(28)22-36(30)45-37(26)35/h2-22H,1H3. The Morgan fingerprint density at radius 3 is 1.80 bits per heavy atom. The van der Waals surface area contributed by atoms with Crippen LogP contribution in [0, 0.1) is 0 Å². The van der Waals surface area contributed by atoms with Crippen LogP contribution in [0.15, 0.2) is 137 Å². The SMILES string of the molecule is COc1cccc2c1sc1cc3c(=O)n(-c4ccccc4)c(=O)c4cc5c(cc4c3cc12)c1ccccc1n5-c1ccccc1. The van der Waals surface area contributed by atoms with Gasteiger partial charge in [-0.1, -0.05) is 66.7 Å². The van der Waals surface area contributed by atoms with Gasteiger partial charge in [0.25, 0.3) is 11.1 Å². The molecule has 0 bridgehead atoms. The predicted octanol–water partition coefficient (Wildman–Crippen LogP) is 8.98. The van der Waals surface area contributed by atoms with Gasteiger partial charge in [0.1, 0.15) is 5.75 Å². The number of hydrogen-bond acceptors (Lipinski definition) is 4. The molecule has 5 nitrogen and oxygen atoms in total. The van der Waals surface area contributed by atoms with Gasteiger partial charge in [-0.05, 0) is 71.4 Å². The molecule has 0 aliphatic rings. The first-order valence-corrected chi connectivity index (χ1v) is 15.5. The third-order valence-corrected chi connectivity index (χ3v) is 10.0. The number of rotatable bonds is 3. The first kappa shape index (κ1) is 25.7. The first-order chi connectivity index (χ1) is 22.1. The molecule has 9 aromatic rings. The lowest BCUT2D eigenvalue weighted by atomic mass is 10.0. The van der Waals surface area contributed by atoms with Crippen LogP contribution in [-0.4, -0.2) is 16.2 Å². The van der Waals surface area contributed by atoms with Gasteiger partial charge in [0.15, 0.2) is 0 Å². The molecule has 6 aromatic carbocycles. The largest absolute Gasteiger partial charge is 0.495 e. The maximum atomic E-state index is 14.6. The average molecular weight is 601 g/mol. The van der Waals surface area contributed by atoms with Crippen molar-refractivity contribution in [1.29, 1.82) is 0 Å². The lowest BCUT2D eigenvalue weighted by Crippen LogP contribution is -2.28. The van der Waals surface area contributed by atoms with Crippen LogP contribution < -0.4 is 15.9 Å². The topological polar surface area (TPSA) is 53.2 Å². The maximum absolute atomic E-state index is 14.6. The molecule has 214 valence electrons. The van der Waals surface area contributed by atoms with Crippen LogP contribution in [0.25, 0.3) is 74.9 Å². The highest BCUT2D eigenvalue weighted by Gasteiger charge is 2.20. The van der Waals surface area contributed by atoms with E-state index in [-0.39, 0.29) is 11.1 Å². The number of aromatic nitrogens is 2. The van der Waals surface area contributed by atoms with E-state index in [0.717, 1.165) is 64.2 Å². The summed E-state index contributed by atoms with van der Waals surface area (Å²) >= 11 is 1.60. The molecule has 0 amide bonds. The highest BCUT2D eigenvalue weighted by molar-refractivity contribution is 7.26. The van der Waals surface area contributed by atoms with Crippen molar-refractivity contribution < 1.29 is 4.74 Å². The number of fused-ring (bicyclic) bond motifs is 9. The van der Waals surface area contributed by atoms with Crippen molar-refractivity contribution in [2.24, 2.45) is 0 Å². The smallest absolute Gasteiger partial charge is 0.266 e. The van der Waals surface area contributed by atoms with E-state index in [1.54, 1.807) is 18.4 Å². The molecular weight excluding hydrogens is 577 g/mol. The number of thiophene rings is 1. The van der Waals surface area contributed by atoms with Crippen LogP contribution in [0.3, 0.4) is 0 Å². The van der Waals surface area contributed by atoms with Gasteiger partial charge in [-0.25, -0.2) is 4.57 Å². The monoisotopic (exact) mass is 600 g/mol. The molecule has 0 atom stereocenters. The highest BCUT2D eigenvalue weighted by Crippen LogP contribution is 2.42. The van der Waals surface area contributed by atoms with Crippen LogP contribution >= 0.6 is 11.3 Å². The van der Waals surface area contributed by atoms with Gasteiger partial charge in [0.2, 0.25) is 0 Å². The van der Waals surface area contributed by atoms with Crippen molar-refractivity contribution in [2.45, 2.75) is 0 Å². The van der Waals surface area contributed by atoms with Gasteiger partial charge < -0.3 is 9.30 Å². The zero-order valence-corrected chi connectivity index (χ0v) is 25.0. The summed E-state index contributed by atoms with van der Waals surface area (Å²) in [5.41, 5.74) is 2.80. The van der Waals surface area contributed by atoms with Crippen LogP contribution in [0.1, 0.15) is 0 Å². The lowest BCUT2D eigenvalue weighted by Gasteiger charge is -2.08. The van der Waals surface area contributed by atoms with Crippen molar-refractivity contribution in [3.05, 3.63) is 148 Å². The van der Waals surface area contributed by atoms with Gasteiger partial charge in [0.05, 0.1) is 33.9 Å². The lowest BCUT2D eigenvalue weighted by molar-refractivity contribution is 0.420. The Labute approximate surface area is 260 Å². The summed E-state index contributed by atoms with van der Waals surface area (Å²) in [7, 11) is 1.68. The Morgan fingerprint density at radius 1 is 0.489 bits per heavy atom. The number of para-hydroxylation sites is 3. The number of ether oxygens (including phenoxy) is 1. The molecule has 0 aliphatic carbocycles. The summed E-state index contributed by atoms with van der Waals surface area (Å²) < 4.78 is 11.2. The van der Waals surface area contributed by atoms with E-state index < -0.39 is 0 Å². The normalized spacial score (nSPS) is 11.8. The fourth-order valence-electron chi connectivity index (χ4n) is 6.79. The van der Waals surface area contributed by atoms with Crippen molar-refractivity contribution in [2.75, 3.05) is 7.11 Å². The van der Waals surface area contributed by atoms with E-state index in [1.165, 1.54) is 4.57 Å². The number of nitrogens with zero attached hydrogens (tertiary/aromatic N) is 2. The minimum atomic E-state index is -0.348. The van der Waals surface area contributed by atoms with Crippen molar-refractivity contribution in [3.8, 4) is 17.1 Å². The first-order valence-electron chi connectivity index (χ1n) is 14.7. The maximum Gasteiger partial charge on any atom is 0.266 e. The molecule has 0 unspecified atom stereocenters. The minimum Gasteiger partial charge on any atom is -0.495 e. The van der Waals surface area contributed by atoms with E-state index in [0.29, 0.717) is 16.5 Å². The molecule has 45 heavy (non-hydrogen) atoms. The molecule has 0 fully saturated rings. The van der Waals surface area contributed by atoms with Gasteiger partial charge in [-0.3, -0.25) is 9.59 Å². The van der Waals surface area contributed by atoms with Crippen LogP contribution in [-0.2, 0) is 0 Å². The second kappa shape index (κ2) is 9.64. The molecule has 0 saturated carbocycles. The van der Waals surface area contributed by atoms with E-state index >= 15 is 0 Å². The molecule has 9 rings (SSSR count). The summed E-state index contributed by atoms with van der Waals surface area (Å²) in [5.74, 6) is 0.798. The molecule has 0 radical (unpaired) electrons. The fraction of sp³-hybridized carbons (Fsp3) is 0.0256. The molecular formula is C39H24N2O3S. The molecule has 0 N–H and O–H groups in total. The summed E-state index contributed by atoms with van der Waals surface area (Å²) in [6, 6.07) is 41.8. The van der Waals surface area contributed by atoms with Gasteiger partial charge >= 0.3 is 0 Å². The quantitative estimate of drug-likeness (QED) is 0.203. The Hall–Kier alpha value is -5.72. The molecule has 0 spiro atoms. The van der Waals surface area contributed by atoms with Crippen molar-refractivity contribution in [1.82, 2.24) is 9.13 Å². The van der Waals surface area contributed by atoms with Crippen molar-refractivity contribution in [3.63, 3.8) is 0 Å². The van der Waals surface area contributed by atoms with Crippen molar-refractivity contribution >= 4 is 74.9 Å². The summed E-state index contributed by atoms with van der Waals surface area (Å²) in [4.78, 5) is 29.1. The third kappa shape index (κ3) is 3.66. The number of benzene rings is 6. The minimum absolute atomic E-state index is 0.343. The molecule has 0 saturated heterocycles. The van der Waals surface area contributed by atoms with Crippen LogP contribution in [0.4, 0.5) is 0 Å². The molecule has 6 heteroatoms. The summed E-state index contributed by atoms with van der Waals surface area (Å²) in [6.07, 6.45) is 0. The van der Waals surface area contributed by atoms with Crippen LogP contribution in [0.5, 0.6) is 5.75 Å². The van der Waals surface area contributed by atoms with Gasteiger partial charge in [-0.15, -0.1) is 11.3 Å². The molecule has 0 aliphatic heterocycles. The predicted molar refractivity (Wildman–Crippen MR) is 187 cm³/mol. The van der Waals surface area contributed by atoms with E-state index in [2.05, 4.69) is 47.0 Å². The summed E-state index contributed by atoms with van der Waals surface area (Å²) in [6.45, 7) is 0. The Morgan fingerprint density at radius 2 is 1.09 bits per heavy atom. The molecule has 3 aromatic heterocycles. The Balaban J connectivity index is 1.55. The third-order valence-electron chi connectivity index (χ3n) is 8.82. The number of hydrogen-bond donors (Lipinski definition) is 0. The Bertz CT molecular complexity index is 2780. The fourth-order valence-corrected chi connectivity index (χ4v) is 8.01.